The van der Waals surface area contributed by atoms with Gasteiger partial charge in [-0.1, -0.05) is 6.07 Å². The molecule has 0 spiro atoms. The van der Waals surface area contributed by atoms with Gasteiger partial charge in [0.2, 0.25) is 5.95 Å². The highest BCUT2D eigenvalue weighted by atomic mass is 19.1. The van der Waals surface area contributed by atoms with Gasteiger partial charge in [0.15, 0.2) is 5.82 Å². The molecule has 5 heteroatoms. The van der Waals surface area contributed by atoms with Crippen LogP contribution in [0.25, 0.3) is 0 Å². The first-order valence-corrected chi connectivity index (χ1v) is 6.43. The summed E-state index contributed by atoms with van der Waals surface area (Å²) in [6, 6.07) is 3.99. The number of hydrogen-bond acceptors (Lipinski definition) is 4. The Morgan fingerprint density at radius 2 is 2.21 bits per heavy atom. The number of aromatic nitrogens is 3. The molecule has 1 atom stereocenters. The van der Waals surface area contributed by atoms with Gasteiger partial charge in [-0.2, -0.15) is 0 Å². The Morgan fingerprint density at radius 3 is 3.05 bits per heavy atom. The molecule has 1 aliphatic rings. The summed E-state index contributed by atoms with van der Waals surface area (Å²) in [4.78, 5) is 12.6. The first-order valence-electron chi connectivity index (χ1n) is 6.43. The van der Waals surface area contributed by atoms with Crippen molar-refractivity contribution >= 4 is 5.95 Å². The van der Waals surface area contributed by atoms with Gasteiger partial charge < -0.3 is 5.32 Å². The van der Waals surface area contributed by atoms with Gasteiger partial charge in [0.25, 0.3) is 0 Å². The van der Waals surface area contributed by atoms with Gasteiger partial charge in [-0.15, -0.1) is 0 Å². The van der Waals surface area contributed by atoms with Crippen LogP contribution in [0.4, 0.5) is 10.3 Å². The molecule has 1 N–H and O–H groups in total. The number of nitrogens with one attached hydrogen (secondary N) is 1. The van der Waals surface area contributed by atoms with Gasteiger partial charge >= 0.3 is 0 Å². The number of aryl methyl sites for hydroxylation is 1. The zero-order valence-electron chi connectivity index (χ0n) is 10.7. The van der Waals surface area contributed by atoms with E-state index in [1.165, 1.54) is 11.8 Å². The number of anilines is 1. The summed E-state index contributed by atoms with van der Waals surface area (Å²) in [7, 11) is 1.73. The highest BCUT2D eigenvalue weighted by molar-refractivity contribution is 5.35. The van der Waals surface area contributed by atoms with Crippen molar-refractivity contribution in [2.24, 2.45) is 0 Å². The summed E-state index contributed by atoms with van der Waals surface area (Å²) >= 11 is 0. The van der Waals surface area contributed by atoms with Crippen molar-refractivity contribution < 1.29 is 4.39 Å². The highest BCUT2D eigenvalue weighted by Crippen LogP contribution is 2.35. The van der Waals surface area contributed by atoms with Gasteiger partial charge in [-0.3, -0.25) is 4.98 Å². The molecule has 2 aromatic heterocycles. The zero-order chi connectivity index (χ0) is 13.2. The molecule has 2 heterocycles. The summed E-state index contributed by atoms with van der Waals surface area (Å²) in [5.41, 5.74) is 2.59. The van der Waals surface area contributed by atoms with E-state index in [1.807, 2.05) is 6.07 Å². The van der Waals surface area contributed by atoms with Crippen LogP contribution < -0.4 is 5.32 Å². The smallest absolute Gasteiger partial charge is 0.222 e. The third kappa shape index (κ3) is 2.16. The Labute approximate surface area is 111 Å². The Hall–Kier alpha value is -2.04. The molecule has 98 valence electrons. The Bertz CT molecular complexity index is 600. The molecule has 1 unspecified atom stereocenters. The molecule has 4 nitrogen and oxygen atoms in total. The van der Waals surface area contributed by atoms with Crippen LogP contribution in [0.3, 0.4) is 0 Å². The third-order valence-corrected chi connectivity index (χ3v) is 3.52. The van der Waals surface area contributed by atoms with E-state index in [1.54, 1.807) is 13.2 Å². The van der Waals surface area contributed by atoms with Crippen molar-refractivity contribution in [1.82, 2.24) is 15.0 Å². The first kappa shape index (κ1) is 12.0. The lowest BCUT2D eigenvalue weighted by Crippen LogP contribution is -2.16. The van der Waals surface area contributed by atoms with Gasteiger partial charge in [-0.25, -0.2) is 14.4 Å². The predicted molar refractivity (Wildman–Crippen MR) is 70.6 cm³/mol. The second-order valence-corrected chi connectivity index (χ2v) is 4.67. The number of pyridine rings is 1. The van der Waals surface area contributed by atoms with Crippen molar-refractivity contribution in [3.63, 3.8) is 0 Å². The van der Waals surface area contributed by atoms with E-state index in [9.17, 15) is 4.39 Å². The van der Waals surface area contributed by atoms with Gasteiger partial charge in [-0.05, 0) is 30.9 Å². The molecule has 0 amide bonds. The van der Waals surface area contributed by atoms with Crippen molar-refractivity contribution in [3.8, 4) is 0 Å². The molecule has 3 rings (SSSR count). The molecular formula is C14H15FN4. The van der Waals surface area contributed by atoms with Crippen LogP contribution in [-0.4, -0.2) is 22.0 Å². The molecule has 19 heavy (non-hydrogen) atoms. The molecule has 1 aliphatic carbocycles. The average molecular weight is 258 g/mol. The van der Waals surface area contributed by atoms with E-state index in [0.717, 1.165) is 25.0 Å². The van der Waals surface area contributed by atoms with E-state index >= 15 is 0 Å². The fourth-order valence-corrected chi connectivity index (χ4v) is 2.62. The fourth-order valence-electron chi connectivity index (χ4n) is 2.62. The minimum Gasteiger partial charge on any atom is -0.357 e. The number of rotatable bonds is 2. The van der Waals surface area contributed by atoms with E-state index in [0.29, 0.717) is 11.6 Å². The van der Waals surface area contributed by atoms with Crippen LogP contribution in [0.1, 0.15) is 35.7 Å². The molecule has 2 aromatic rings. The van der Waals surface area contributed by atoms with E-state index < -0.39 is 0 Å². The molecule has 0 bridgehead atoms. The lowest BCUT2D eigenvalue weighted by atomic mass is 9.84. The molecule has 0 aliphatic heterocycles. The molecule has 0 fully saturated rings. The summed E-state index contributed by atoms with van der Waals surface area (Å²) < 4.78 is 14.0. The Kier molecular flexibility index (Phi) is 3.11. The quantitative estimate of drug-likeness (QED) is 0.899. The maximum Gasteiger partial charge on any atom is 0.222 e. The minimum absolute atomic E-state index is 0.0694. The number of fused-ring (bicyclic) bond motifs is 1. The average Bonchev–Trinajstić information content (AvgIpc) is 2.47. The summed E-state index contributed by atoms with van der Waals surface area (Å²) in [6.07, 6.45) is 5.90. The summed E-state index contributed by atoms with van der Waals surface area (Å²) in [5.74, 6) is 0.0157. The van der Waals surface area contributed by atoms with Gasteiger partial charge in [0.05, 0.1) is 17.6 Å². The second kappa shape index (κ2) is 4.91. The molecular weight excluding hydrogens is 243 g/mol. The number of halogens is 1. The van der Waals surface area contributed by atoms with Crippen molar-refractivity contribution in [2.45, 2.75) is 25.2 Å². The summed E-state index contributed by atoms with van der Waals surface area (Å²) in [5, 5.41) is 2.85. The minimum atomic E-state index is -0.359. The zero-order valence-corrected chi connectivity index (χ0v) is 10.7. The standard InChI is InChI=1S/C14H15FN4/c1-16-14-18-8-11(15)13(19-14)10-6-2-4-9-5-3-7-17-12(9)10/h3,5,7-8,10H,2,4,6H2,1H3,(H,16,18,19). The van der Waals surface area contributed by atoms with Crippen molar-refractivity contribution in [1.29, 1.82) is 0 Å². The van der Waals surface area contributed by atoms with Crippen molar-refractivity contribution in [2.75, 3.05) is 12.4 Å². The molecule has 0 aromatic carbocycles. The fraction of sp³-hybridized carbons (Fsp3) is 0.357. The van der Waals surface area contributed by atoms with Crippen LogP contribution in [0, 0.1) is 5.82 Å². The number of nitrogens with zero attached hydrogens (tertiary/aromatic N) is 3. The molecule has 0 saturated heterocycles. The lowest BCUT2D eigenvalue weighted by Gasteiger charge is -2.24. The topological polar surface area (TPSA) is 50.7 Å². The SMILES string of the molecule is CNc1ncc(F)c(C2CCCc3cccnc32)n1. The lowest BCUT2D eigenvalue weighted by molar-refractivity contribution is 0.531. The van der Waals surface area contributed by atoms with E-state index in [2.05, 4.69) is 26.3 Å². The normalized spacial score (nSPS) is 17.9. The van der Waals surface area contributed by atoms with Crippen molar-refractivity contribution in [3.05, 3.63) is 47.3 Å². The molecule has 0 saturated carbocycles. The van der Waals surface area contributed by atoms with Crippen LogP contribution in [0.5, 0.6) is 0 Å². The largest absolute Gasteiger partial charge is 0.357 e. The van der Waals surface area contributed by atoms with Gasteiger partial charge in [0, 0.05) is 19.2 Å². The van der Waals surface area contributed by atoms with Crippen LogP contribution in [0.2, 0.25) is 0 Å². The Balaban J connectivity index is 2.08. The van der Waals surface area contributed by atoms with E-state index in [4.69, 9.17) is 0 Å². The maximum absolute atomic E-state index is 14.0. The van der Waals surface area contributed by atoms with Crippen LogP contribution >= 0.6 is 0 Å². The first-order chi connectivity index (χ1) is 9.29. The number of hydrogen-bond donors (Lipinski definition) is 1. The van der Waals surface area contributed by atoms with Crippen LogP contribution in [-0.2, 0) is 6.42 Å². The predicted octanol–water partition coefficient (Wildman–Crippen LogP) is 2.52. The van der Waals surface area contributed by atoms with Gasteiger partial charge in [0.1, 0.15) is 0 Å². The monoisotopic (exact) mass is 258 g/mol. The van der Waals surface area contributed by atoms with Crippen LogP contribution in [0.15, 0.2) is 24.5 Å². The Morgan fingerprint density at radius 1 is 1.32 bits per heavy atom. The molecule has 0 radical (unpaired) electrons. The second-order valence-electron chi connectivity index (χ2n) is 4.67. The third-order valence-electron chi connectivity index (χ3n) is 3.52. The summed E-state index contributed by atoms with van der Waals surface area (Å²) in [6.45, 7) is 0. The highest BCUT2D eigenvalue weighted by Gasteiger charge is 2.27. The van der Waals surface area contributed by atoms with E-state index in [-0.39, 0.29) is 11.7 Å². The maximum atomic E-state index is 14.0.